The molecule has 0 saturated heterocycles. The Labute approximate surface area is 206 Å². The zero-order valence-corrected chi connectivity index (χ0v) is 21.1. The summed E-state index contributed by atoms with van der Waals surface area (Å²) in [6.07, 6.45) is 4.27. The molecule has 3 rings (SSSR count). The zero-order chi connectivity index (χ0) is 22.1. The number of carbonyl (C=O) groups excluding carboxylic acids is 1. The predicted molar refractivity (Wildman–Crippen MR) is 136 cm³/mol. The molecular weight excluding hydrogens is 521 g/mol. The molecule has 0 bridgehead atoms. The van der Waals surface area contributed by atoms with Crippen molar-refractivity contribution >= 4 is 35.8 Å². The predicted octanol–water partition coefficient (Wildman–Crippen LogP) is 2.91. The molecule has 1 amide bonds. The number of carbonyl (C=O) groups is 1. The summed E-state index contributed by atoms with van der Waals surface area (Å²) in [5.74, 6) is 2.29. The van der Waals surface area contributed by atoms with Crippen molar-refractivity contribution in [2.45, 2.75) is 39.8 Å². The van der Waals surface area contributed by atoms with E-state index in [-0.39, 0.29) is 36.0 Å². The number of ether oxygens (including phenoxy) is 2. The fourth-order valence-corrected chi connectivity index (χ4v) is 3.36. The van der Waals surface area contributed by atoms with Crippen LogP contribution in [0.3, 0.4) is 0 Å². The molecule has 1 aromatic carbocycles. The Morgan fingerprint density at radius 1 is 1.25 bits per heavy atom. The van der Waals surface area contributed by atoms with Gasteiger partial charge in [0, 0.05) is 49.6 Å². The number of pyridine rings is 1. The molecule has 8 nitrogen and oxygen atoms in total. The molecule has 0 fully saturated rings. The highest BCUT2D eigenvalue weighted by Crippen LogP contribution is 2.35. The van der Waals surface area contributed by atoms with Crippen LogP contribution >= 0.6 is 24.0 Å². The number of aromatic nitrogens is 1. The molecule has 1 aromatic heterocycles. The van der Waals surface area contributed by atoms with Crippen molar-refractivity contribution in [2.75, 3.05) is 26.2 Å². The topological polar surface area (TPSA) is 96.9 Å². The van der Waals surface area contributed by atoms with Gasteiger partial charge in [-0.3, -0.25) is 9.78 Å². The quantitative estimate of drug-likeness (QED) is 0.191. The van der Waals surface area contributed by atoms with Gasteiger partial charge in [-0.05, 0) is 45.0 Å². The van der Waals surface area contributed by atoms with Gasteiger partial charge in [0.25, 0.3) is 5.91 Å². The van der Waals surface area contributed by atoms with E-state index in [1.807, 2.05) is 19.9 Å². The lowest BCUT2D eigenvalue weighted by atomic mass is 10.1. The van der Waals surface area contributed by atoms with Gasteiger partial charge >= 0.3 is 0 Å². The highest BCUT2D eigenvalue weighted by Gasteiger charge is 2.21. The van der Waals surface area contributed by atoms with E-state index in [1.165, 1.54) is 5.56 Å². The Morgan fingerprint density at radius 3 is 2.78 bits per heavy atom. The molecule has 1 aliphatic heterocycles. The van der Waals surface area contributed by atoms with Crippen molar-refractivity contribution in [1.29, 1.82) is 0 Å². The molecule has 3 N–H and O–H groups in total. The summed E-state index contributed by atoms with van der Waals surface area (Å²) in [5.41, 5.74) is 2.70. The van der Waals surface area contributed by atoms with E-state index < -0.39 is 0 Å². The summed E-state index contributed by atoms with van der Waals surface area (Å²) in [4.78, 5) is 20.7. The number of guanidine groups is 1. The summed E-state index contributed by atoms with van der Waals surface area (Å²) < 4.78 is 11.7. The van der Waals surface area contributed by atoms with Crippen molar-refractivity contribution in [3.05, 3.63) is 53.3 Å². The second kappa shape index (κ2) is 13.1. The van der Waals surface area contributed by atoms with Crippen molar-refractivity contribution in [3.63, 3.8) is 0 Å². The van der Waals surface area contributed by atoms with E-state index in [0.29, 0.717) is 37.8 Å². The number of hydrogen-bond acceptors (Lipinski definition) is 5. The molecule has 32 heavy (non-hydrogen) atoms. The van der Waals surface area contributed by atoms with Gasteiger partial charge in [0.1, 0.15) is 17.6 Å². The molecule has 2 aromatic rings. The summed E-state index contributed by atoms with van der Waals surface area (Å²) >= 11 is 0. The lowest BCUT2D eigenvalue weighted by molar-refractivity contribution is 0.0954. The maximum absolute atomic E-state index is 12.1. The van der Waals surface area contributed by atoms with Gasteiger partial charge in [-0.2, -0.15) is 0 Å². The van der Waals surface area contributed by atoms with Crippen LogP contribution in [0.4, 0.5) is 0 Å². The first-order valence-electron chi connectivity index (χ1n) is 10.8. The van der Waals surface area contributed by atoms with Crippen LogP contribution in [0.2, 0.25) is 0 Å². The SMILES string of the molecule is CCNC(=NCc1cc2c(cc1OCC)CC(C)O2)NCCNC(=O)c1cccnc1.I. The molecule has 9 heteroatoms. The van der Waals surface area contributed by atoms with E-state index in [2.05, 4.69) is 38.9 Å². The molecule has 0 spiro atoms. The first kappa shape index (κ1) is 25.7. The Balaban J connectivity index is 0.00000363. The fourth-order valence-electron chi connectivity index (χ4n) is 3.36. The summed E-state index contributed by atoms with van der Waals surface area (Å²) in [6, 6.07) is 7.58. The number of amides is 1. The third-order valence-electron chi connectivity index (χ3n) is 4.76. The summed E-state index contributed by atoms with van der Waals surface area (Å²) in [6.45, 7) is 8.85. The van der Waals surface area contributed by atoms with E-state index in [9.17, 15) is 4.79 Å². The van der Waals surface area contributed by atoms with Gasteiger partial charge in [0.2, 0.25) is 0 Å². The second-order valence-electron chi connectivity index (χ2n) is 7.25. The standard InChI is InChI=1S/C23H31N5O3.HI/c1-4-25-23(27-10-9-26-22(29)17-7-6-8-24-14-17)28-15-19-13-21-18(11-16(3)31-21)12-20(19)30-5-2;/h6-8,12-14,16H,4-5,9-11,15H2,1-3H3,(H,26,29)(H2,25,27,28);1H. The minimum atomic E-state index is -0.148. The van der Waals surface area contributed by atoms with Crippen LogP contribution in [-0.4, -0.2) is 49.2 Å². The molecule has 1 aliphatic rings. The average Bonchev–Trinajstić information content (AvgIpc) is 3.14. The average molecular weight is 553 g/mol. The Bertz CT molecular complexity index is 908. The van der Waals surface area contributed by atoms with Crippen LogP contribution < -0.4 is 25.4 Å². The summed E-state index contributed by atoms with van der Waals surface area (Å²) in [5, 5.41) is 9.34. The second-order valence-corrected chi connectivity index (χ2v) is 7.25. The number of rotatable bonds is 9. The number of hydrogen-bond donors (Lipinski definition) is 3. The van der Waals surface area contributed by atoms with Crippen LogP contribution in [0.25, 0.3) is 0 Å². The molecule has 0 saturated carbocycles. The lowest BCUT2D eigenvalue weighted by Crippen LogP contribution is -2.41. The van der Waals surface area contributed by atoms with Crippen molar-refractivity contribution in [3.8, 4) is 11.5 Å². The summed E-state index contributed by atoms with van der Waals surface area (Å²) in [7, 11) is 0. The zero-order valence-electron chi connectivity index (χ0n) is 18.8. The number of halogens is 1. The maximum atomic E-state index is 12.1. The van der Waals surface area contributed by atoms with Crippen LogP contribution in [0.5, 0.6) is 11.5 Å². The van der Waals surface area contributed by atoms with Gasteiger partial charge in [0.15, 0.2) is 5.96 Å². The minimum Gasteiger partial charge on any atom is -0.494 e. The fraction of sp³-hybridized carbons (Fsp3) is 0.435. The van der Waals surface area contributed by atoms with Gasteiger partial charge in [0.05, 0.1) is 18.7 Å². The van der Waals surface area contributed by atoms with E-state index in [0.717, 1.165) is 30.0 Å². The van der Waals surface area contributed by atoms with Crippen molar-refractivity contribution in [1.82, 2.24) is 20.9 Å². The molecule has 2 heterocycles. The number of fused-ring (bicyclic) bond motifs is 1. The maximum Gasteiger partial charge on any atom is 0.252 e. The lowest BCUT2D eigenvalue weighted by Gasteiger charge is -2.14. The molecule has 0 aliphatic carbocycles. The monoisotopic (exact) mass is 553 g/mol. The molecule has 174 valence electrons. The van der Waals surface area contributed by atoms with Crippen molar-refractivity contribution in [2.24, 2.45) is 4.99 Å². The minimum absolute atomic E-state index is 0. The Kier molecular flexibility index (Phi) is 10.5. The molecule has 0 radical (unpaired) electrons. The first-order chi connectivity index (χ1) is 15.1. The number of benzene rings is 1. The van der Waals surface area contributed by atoms with Crippen LogP contribution in [0.15, 0.2) is 41.7 Å². The number of nitrogens with one attached hydrogen (secondary N) is 3. The molecule has 1 unspecified atom stereocenters. The highest BCUT2D eigenvalue weighted by atomic mass is 127. The Morgan fingerprint density at radius 2 is 2.06 bits per heavy atom. The van der Waals surface area contributed by atoms with E-state index in [4.69, 9.17) is 9.47 Å². The van der Waals surface area contributed by atoms with Gasteiger partial charge in [-0.25, -0.2) is 4.99 Å². The Hall–Kier alpha value is -2.56. The third kappa shape index (κ3) is 7.25. The molecular formula is C23H32IN5O3. The normalized spacial score (nSPS) is 14.6. The number of aliphatic imine (C=N–C) groups is 1. The van der Waals surface area contributed by atoms with E-state index >= 15 is 0 Å². The number of nitrogens with zero attached hydrogens (tertiary/aromatic N) is 2. The van der Waals surface area contributed by atoms with Crippen LogP contribution in [0.1, 0.15) is 42.3 Å². The highest BCUT2D eigenvalue weighted by molar-refractivity contribution is 14.0. The van der Waals surface area contributed by atoms with Crippen LogP contribution in [0, 0.1) is 0 Å². The smallest absolute Gasteiger partial charge is 0.252 e. The third-order valence-corrected chi connectivity index (χ3v) is 4.76. The largest absolute Gasteiger partial charge is 0.494 e. The van der Waals surface area contributed by atoms with Gasteiger partial charge in [-0.1, -0.05) is 0 Å². The first-order valence-corrected chi connectivity index (χ1v) is 10.8. The van der Waals surface area contributed by atoms with Crippen LogP contribution in [-0.2, 0) is 13.0 Å². The van der Waals surface area contributed by atoms with Gasteiger partial charge < -0.3 is 25.4 Å². The van der Waals surface area contributed by atoms with Gasteiger partial charge in [-0.15, -0.1) is 24.0 Å². The van der Waals surface area contributed by atoms with Crippen molar-refractivity contribution < 1.29 is 14.3 Å². The molecule has 1 atom stereocenters. The van der Waals surface area contributed by atoms with E-state index in [1.54, 1.807) is 24.5 Å².